The predicted molar refractivity (Wildman–Crippen MR) is 132 cm³/mol. The number of carbonyl (C=O) groups is 1. The minimum absolute atomic E-state index is 0.259. The fourth-order valence-corrected chi connectivity index (χ4v) is 4.24. The van der Waals surface area contributed by atoms with Gasteiger partial charge in [-0.3, -0.25) is 4.79 Å². The number of nitrogen functional groups attached to an aromatic ring is 1. The van der Waals surface area contributed by atoms with Gasteiger partial charge in [-0.05, 0) is 61.9 Å². The largest absolute Gasteiger partial charge is 0.481 e. The van der Waals surface area contributed by atoms with Crippen LogP contribution in [0.25, 0.3) is 0 Å². The van der Waals surface area contributed by atoms with Crippen LogP contribution in [0.5, 0.6) is 0 Å². The first kappa shape index (κ1) is 26.5. The van der Waals surface area contributed by atoms with Crippen molar-refractivity contribution in [2.24, 2.45) is 5.92 Å². The summed E-state index contributed by atoms with van der Waals surface area (Å²) in [5, 5.41) is 23.7. The molecule has 5 N–H and O–H groups in total. The molecule has 2 unspecified atom stereocenters. The molecular formula is C25H34Cl2N2O3. The Hall–Kier alpha value is -1.79. The van der Waals surface area contributed by atoms with E-state index in [9.17, 15) is 15.0 Å². The number of nitrogens with two attached hydrogens (primary N) is 1. The topological polar surface area (TPSA) is 95.6 Å². The summed E-state index contributed by atoms with van der Waals surface area (Å²) < 4.78 is 0. The zero-order valence-corrected chi connectivity index (χ0v) is 19.9. The lowest BCUT2D eigenvalue weighted by Crippen LogP contribution is -2.22. The Morgan fingerprint density at radius 2 is 1.59 bits per heavy atom. The molecule has 0 aliphatic heterocycles. The first-order valence-electron chi connectivity index (χ1n) is 11.3. The highest BCUT2D eigenvalue weighted by molar-refractivity contribution is 6.38. The molecule has 7 heteroatoms. The maximum Gasteiger partial charge on any atom is 0.306 e. The van der Waals surface area contributed by atoms with E-state index >= 15 is 0 Å². The van der Waals surface area contributed by atoms with Crippen LogP contribution in [0.3, 0.4) is 0 Å². The molecule has 0 aliphatic carbocycles. The van der Waals surface area contributed by atoms with E-state index in [2.05, 4.69) is 17.4 Å². The van der Waals surface area contributed by atoms with Crippen molar-refractivity contribution in [2.45, 2.75) is 57.5 Å². The summed E-state index contributed by atoms with van der Waals surface area (Å²) >= 11 is 12.0. The molecule has 32 heavy (non-hydrogen) atoms. The molecule has 0 fully saturated rings. The monoisotopic (exact) mass is 480 g/mol. The number of nitrogens with one attached hydrogen (secondary N) is 1. The molecule has 0 spiro atoms. The van der Waals surface area contributed by atoms with Gasteiger partial charge in [0.25, 0.3) is 0 Å². The van der Waals surface area contributed by atoms with Crippen LogP contribution in [-0.4, -0.2) is 29.3 Å². The maximum absolute atomic E-state index is 11.5. The van der Waals surface area contributed by atoms with Gasteiger partial charge in [0.15, 0.2) is 0 Å². The molecule has 0 aliphatic rings. The van der Waals surface area contributed by atoms with E-state index in [1.165, 1.54) is 5.56 Å². The highest BCUT2D eigenvalue weighted by atomic mass is 35.5. The number of anilines is 1. The van der Waals surface area contributed by atoms with Crippen molar-refractivity contribution in [1.29, 1.82) is 0 Å². The Bertz CT molecular complexity index is 810. The fourth-order valence-electron chi connectivity index (χ4n) is 3.74. The lowest BCUT2D eigenvalue weighted by Gasteiger charge is -2.14. The standard InChI is InChI=1S/C25H34Cl2N2O3/c26-21-15-20(16-22(27)24(21)28)23(30)17-29-14-7-2-1-6-12-19(25(31)32)13-8-11-18-9-4-3-5-10-18/h3-5,9-10,15-16,19,23,29-30H,1-2,6-8,11-14,17,28H2,(H,31,32). The molecule has 2 atom stereocenters. The summed E-state index contributed by atoms with van der Waals surface area (Å²) in [6, 6.07) is 13.5. The summed E-state index contributed by atoms with van der Waals surface area (Å²) in [5.74, 6) is -0.942. The molecule has 0 saturated heterocycles. The number of carboxylic acids is 1. The summed E-state index contributed by atoms with van der Waals surface area (Å²) in [4.78, 5) is 11.5. The number of benzene rings is 2. The average molecular weight is 481 g/mol. The summed E-state index contributed by atoms with van der Waals surface area (Å²) in [6.07, 6.45) is 6.51. The van der Waals surface area contributed by atoms with Crippen molar-refractivity contribution in [3.63, 3.8) is 0 Å². The van der Waals surface area contributed by atoms with Gasteiger partial charge in [-0.2, -0.15) is 0 Å². The van der Waals surface area contributed by atoms with Gasteiger partial charge in [0.2, 0.25) is 0 Å². The van der Waals surface area contributed by atoms with Gasteiger partial charge in [0.05, 0.1) is 27.8 Å². The summed E-state index contributed by atoms with van der Waals surface area (Å²) in [5.41, 5.74) is 7.93. The first-order chi connectivity index (χ1) is 15.4. The Kier molecular flexibility index (Phi) is 11.9. The zero-order chi connectivity index (χ0) is 23.3. The number of halogens is 2. The van der Waals surface area contributed by atoms with Gasteiger partial charge in [-0.15, -0.1) is 0 Å². The van der Waals surface area contributed by atoms with E-state index in [-0.39, 0.29) is 5.92 Å². The normalized spacial score (nSPS) is 13.1. The lowest BCUT2D eigenvalue weighted by atomic mass is 9.94. The van der Waals surface area contributed by atoms with Crippen molar-refractivity contribution >= 4 is 34.9 Å². The molecule has 0 saturated carbocycles. The number of carboxylic acid groups (broad SMARTS) is 1. The number of hydrogen-bond donors (Lipinski definition) is 4. The van der Waals surface area contributed by atoms with E-state index in [0.29, 0.717) is 27.8 Å². The molecule has 2 rings (SSSR count). The molecule has 176 valence electrons. The smallest absolute Gasteiger partial charge is 0.306 e. The molecule has 0 radical (unpaired) electrons. The lowest BCUT2D eigenvalue weighted by molar-refractivity contribution is -0.142. The minimum atomic E-state index is -0.710. The highest BCUT2D eigenvalue weighted by Gasteiger charge is 2.16. The van der Waals surface area contributed by atoms with Gasteiger partial charge in [0, 0.05) is 6.54 Å². The Morgan fingerprint density at radius 3 is 2.25 bits per heavy atom. The van der Waals surface area contributed by atoms with Crippen LogP contribution >= 0.6 is 23.2 Å². The quantitative estimate of drug-likeness (QED) is 0.188. The molecule has 2 aromatic rings. The number of hydrogen-bond acceptors (Lipinski definition) is 4. The number of unbranched alkanes of at least 4 members (excludes halogenated alkanes) is 3. The van der Waals surface area contributed by atoms with E-state index in [1.807, 2.05) is 18.2 Å². The number of aliphatic hydroxyl groups is 1. The number of aryl methyl sites for hydroxylation is 1. The molecule has 2 aromatic carbocycles. The van der Waals surface area contributed by atoms with Gasteiger partial charge < -0.3 is 21.3 Å². The van der Waals surface area contributed by atoms with Crippen molar-refractivity contribution in [2.75, 3.05) is 18.8 Å². The number of aliphatic carboxylic acids is 1. The van der Waals surface area contributed by atoms with E-state index in [0.717, 1.165) is 57.9 Å². The second-order valence-electron chi connectivity index (χ2n) is 8.23. The van der Waals surface area contributed by atoms with Crippen LogP contribution < -0.4 is 11.1 Å². The molecule has 0 aromatic heterocycles. The second kappa shape index (κ2) is 14.4. The Morgan fingerprint density at radius 1 is 0.969 bits per heavy atom. The number of rotatable bonds is 15. The van der Waals surface area contributed by atoms with Crippen molar-refractivity contribution in [3.05, 3.63) is 63.6 Å². The predicted octanol–water partition coefficient (Wildman–Crippen LogP) is 5.87. The van der Waals surface area contributed by atoms with Crippen LogP contribution in [0.4, 0.5) is 5.69 Å². The molecular weight excluding hydrogens is 447 g/mol. The van der Waals surface area contributed by atoms with E-state index in [1.54, 1.807) is 12.1 Å². The van der Waals surface area contributed by atoms with Gasteiger partial charge in [0.1, 0.15) is 0 Å². The van der Waals surface area contributed by atoms with Crippen molar-refractivity contribution in [3.8, 4) is 0 Å². The summed E-state index contributed by atoms with van der Waals surface area (Å²) in [7, 11) is 0. The third kappa shape index (κ3) is 9.37. The number of aliphatic hydroxyl groups excluding tert-OH is 1. The third-order valence-electron chi connectivity index (χ3n) is 5.69. The van der Waals surface area contributed by atoms with Crippen LogP contribution in [0.1, 0.15) is 62.2 Å². The SMILES string of the molecule is Nc1c(Cl)cc(C(O)CNCCCCCCC(CCCc2ccccc2)C(=O)O)cc1Cl. The molecule has 0 bridgehead atoms. The van der Waals surface area contributed by atoms with Crippen LogP contribution in [0.15, 0.2) is 42.5 Å². The molecule has 0 heterocycles. The summed E-state index contributed by atoms with van der Waals surface area (Å²) in [6.45, 7) is 1.19. The van der Waals surface area contributed by atoms with Crippen molar-refractivity contribution in [1.82, 2.24) is 5.32 Å². The average Bonchev–Trinajstić information content (AvgIpc) is 2.77. The highest BCUT2D eigenvalue weighted by Crippen LogP contribution is 2.31. The van der Waals surface area contributed by atoms with Crippen molar-refractivity contribution < 1.29 is 15.0 Å². The van der Waals surface area contributed by atoms with Gasteiger partial charge in [-0.1, -0.05) is 72.8 Å². The Labute approximate surface area is 200 Å². The maximum atomic E-state index is 11.5. The van der Waals surface area contributed by atoms with Gasteiger partial charge >= 0.3 is 5.97 Å². The zero-order valence-electron chi connectivity index (χ0n) is 18.4. The third-order valence-corrected chi connectivity index (χ3v) is 6.32. The fraction of sp³-hybridized carbons (Fsp3) is 0.480. The second-order valence-corrected chi connectivity index (χ2v) is 9.05. The van der Waals surface area contributed by atoms with E-state index in [4.69, 9.17) is 28.9 Å². The van der Waals surface area contributed by atoms with E-state index < -0.39 is 12.1 Å². The minimum Gasteiger partial charge on any atom is -0.481 e. The Balaban J connectivity index is 1.55. The first-order valence-corrected chi connectivity index (χ1v) is 12.0. The van der Waals surface area contributed by atoms with Crippen LogP contribution in [-0.2, 0) is 11.2 Å². The molecule has 0 amide bonds. The molecule has 5 nitrogen and oxygen atoms in total. The van der Waals surface area contributed by atoms with Crippen LogP contribution in [0.2, 0.25) is 10.0 Å². The van der Waals surface area contributed by atoms with Gasteiger partial charge in [-0.25, -0.2) is 0 Å². The van der Waals surface area contributed by atoms with Crippen LogP contribution in [0, 0.1) is 5.92 Å².